The minimum atomic E-state index is -0.0890. The molecule has 1 N–H and O–H groups in total. The molecule has 3 rings (SSSR count). The third kappa shape index (κ3) is 3.10. The van der Waals surface area contributed by atoms with Crippen molar-refractivity contribution in [3.8, 4) is 11.5 Å². The molecule has 1 aliphatic carbocycles. The molecule has 1 amide bonds. The summed E-state index contributed by atoms with van der Waals surface area (Å²) in [6, 6.07) is 3.71. The van der Waals surface area contributed by atoms with Gasteiger partial charge in [-0.3, -0.25) is 4.79 Å². The van der Waals surface area contributed by atoms with E-state index in [0.29, 0.717) is 29.4 Å². The summed E-state index contributed by atoms with van der Waals surface area (Å²) in [4.78, 5) is 14.7. The summed E-state index contributed by atoms with van der Waals surface area (Å²) in [5.41, 5.74) is 1.39. The fourth-order valence-corrected chi connectivity index (χ4v) is 2.53. The lowest BCUT2D eigenvalue weighted by molar-refractivity contribution is 0.0724. The van der Waals surface area contributed by atoms with Gasteiger partial charge in [0.05, 0.1) is 20.8 Å². The van der Waals surface area contributed by atoms with E-state index in [1.165, 1.54) is 0 Å². The molecule has 0 unspecified atom stereocenters. The maximum atomic E-state index is 12.9. The maximum absolute atomic E-state index is 12.9. The van der Waals surface area contributed by atoms with Crippen LogP contribution in [0.3, 0.4) is 0 Å². The van der Waals surface area contributed by atoms with Crippen LogP contribution in [0.4, 0.5) is 0 Å². The first-order valence-electron chi connectivity index (χ1n) is 7.40. The number of methoxy groups -OCH3 is 2. The number of carbonyl (C=O) groups is 1. The fraction of sp³-hybridized carbons (Fsp3) is 0.467. The second kappa shape index (κ2) is 6.23. The summed E-state index contributed by atoms with van der Waals surface area (Å²) in [6.07, 6.45) is 1.98. The van der Waals surface area contributed by atoms with E-state index in [2.05, 4.69) is 20.6 Å². The molecule has 0 atom stereocenters. The molecule has 1 heterocycles. The van der Waals surface area contributed by atoms with Crippen LogP contribution in [0.25, 0.3) is 0 Å². The van der Waals surface area contributed by atoms with Crippen molar-refractivity contribution in [2.24, 2.45) is 0 Å². The van der Waals surface area contributed by atoms with Gasteiger partial charge in [-0.25, -0.2) is 0 Å². The van der Waals surface area contributed by atoms with Crippen LogP contribution < -0.4 is 9.47 Å². The lowest BCUT2D eigenvalue weighted by atomic mass is 10.1. The largest absolute Gasteiger partial charge is 0.496 e. The number of benzene rings is 1. The number of H-pyrrole nitrogens is 1. The Morgan fingerprint density at radius 3 is 2.43 bits per heavy atom. The minimum Gasteiger partial charge on any atom is -0.496 e. The van der Waals surface area contributed by atoms with Crippen molar-refractivity contribution in [2.75, 3.05) is 14.2 Å². The lowest BCUT2D eigenvalue weighted by Crippen LogP contribution is -2.33. The summed E-state index contributed by atoms with van der Waals surface area (Å²) in [5.74, 6) is 1.66. The Morgan fingerprint density at radius 1 is 1.30 bits per heavy atom. The molecule has 0 bridgehead atoms. The molecular weight excluding hydrogens is 298 g/mol. The Morgan fingerprint density at radius 2 is 1.96 bits per heavy atom. The van der Waals surface area contributed by atoms with Crippen LogP contribution in [-0.2, 0) is 6.54 Å². The van der Waals surface area contributed by atoms with Crippen LogP contribution in [0.5, 0.6) is 11.5 Å². The van der Waals surface area contributed by atoms with E-state index >= 15 is 0 Å². The van der Waals surface area contributed by atoms with Crippen molar-refractivity contribution in [2.45, 2.75) is 32.4 Å². The number of ether oxygens (including phenoxy) is 2. The van der Waals surface area contributed by atoms with Gasteiger partial charge < -0.3 is 14.4 Å². The van der Waals surface area contributed by atoms with Gasteiger partial charge in [-0.05, 0) is 31.9 Å². The van der Waals surface area contributed by atoms with E-state index in [-0.39, 0.29) is 11.9 Å². The Bertz CT molecular complexity index is 672. The van der Waals surface area contributed by atoms with Crippen molar-refractivity contribution in [3.63, 3.8) is 0 Å². The summed E-state index contributed by atoms with van der Waals surface area (Å²) in [6.45, 7) is 2.22. The third-order valence-electron chi connectivity index (χ3n) is 3.95. The number of tetrazole rings is 1. The smallest absolute Gasteiger partial charge is 0.254 e. The topological polar surface area (TPSA) is 93.2 Å². The molecule has 1 aliphatic rings. The first-order chi connectivity index (χ1) is 11.1. The quantitative estimate of drug-likeness (QED) is 0.864. The highest BCUT2D eigenvalue weighted by atomic mass is 16.5. The second-order valence-electron chi connectivity index (χ2n) is 5.50. The highest BCUT2D eigenvalue weighted by molar-refractivity contribution is 5.95. The number of carbonyl (C=O) groups excluding carboxylic acids is 1. The summed E-state index contributed by atoms with van der Waals surface area (Å²) in [7, 11) is 3.15. The predicted octanol–water partition coefficient (Wildman–Crippen LogP) is 1.33. The molecule has 0 radical (unpaired) electrons. The summed E-state index contributed by atoms with van der Waals surface area (Å²) in [5, 5.41) is 13.8. The van der Waals surface area contributed by atoms with E-state index in [0.717, 1.165) is 18.4 Å². The normalized spacial score (nSPS) is 13.7. The first kappa shape index (κ1) is 15.3. The molecule has 0 spiro atoms. The second-order valence-corrected chi connectivity index (χ2v) is 5.50. The van der Waals surface area contributed by atoms with Crippen molar-refractivity contribution in [1.29, 1.82) is 0 Å². The van der Waals surface area contributed by atoms with E-state index in [1.54, 1.807) is 31.3 Å². The molecule has 23 heavy (non-hydrogen) atoms. The maximum Gasteiger partial charge on any atom is 0.254 e. The molecule has 1 fully saturated rings. The number of hydrogen-bond donors (Lipinski definition) is 1. The van der Waals surface area contributed by atoms with Crippen LogP contribution in [0.2, 0.25) is 0 Å². The first-order valence-corrected chi connectivity index (χ1v) is 7.40. The van der Waals surface area contributed by atoms with Crippen LogP contribution in [0.1, 0.15) is 34.6 Å². The minimum absolute atomic E-state index is 0.0890. The molecule has 122 valence electrons. The van der Waals surface area contributed by atoms with Crippen molar-refractivity contribution < 1.29 is 14.3 Å². The van der Waals surface area contributed by atoms with Crippen molar-refractivity contribution in [1.82, 2.24) is 25.5 Å². The van der Waals surface area contributed by atoms with Crippen molar-refractivity contribution >= 4 is 5.91 Å². The van der Waals surface area contributed by atoms with Crippen LogP contribution in [-0.4, -0.2) is 51.7 Å². The Kier molecular flexibility index (Phi) is 4.14. The molecular formula is C15H19N5O3. The van der Waals surface area contributed by atoms with Gasteiger partial charge in [0.25, 0.3) is 5.91 Å². The number of nitrogens with zero attached hydrogens (tertiary/aromatic N) is 4. The molecule has 2 aromatic rings. The number of hydrogen-bond acceptors (Lipinski definition) is 6. The highest BCUT2D eigenvalue weighted by Crippen LogP contribution is 2.33. The van der Waals surface area contributed by atoms with Gasteiger partial charge in [-0.2, -0.15) is 5.21 Å². The Balaban J connectivity index is 1.90. The highest BCUT2D eigenvalue weighted by Gasteiger charge is 2.34. The van der Waals surface area contributed by atoms with E-state index in [4.69, 9.17) is 9.47 Å². The lowest BCUT2D eigenvalue weighted by Gasteiger charge is -2.22. The molecule has 0 aliphatic heterocycles. The SMILES string of the molecule is COc1cc(C(=O)N(Cc2nn[nH]n2)C2CC2)cc(OC)c1C. The zero-order chi connectivity index (χ0) is 16.4. The van der Waals surface area contributed by atoms with Gasteiger partial charge in [-0.1, -0.05) is 5.21 Å². The Hall–Kier alpha value is -2.64. The molecule has 1 aromatic carbocycles. The zero-order valence-corrected chi connectivity index (χ0v) is 13.4. The van der Waals surface area contributed by atoms with Gasteiger partial charge in [0.15, 0.2) is 5.82 Å². The van der Waals surface area contributed by atoms with Crippen molar-refractivity contribution in [3.05, 3.63) is 29.1 Å². The zero-order valence-electron chi connectivity index (χ0n) is 13.4. The molecule has 1 aromatic heterocycles. The monoisotopic (exact) mass is 317 g/mol. The molecule has 8 heteroatoms. The average Bonchev–Trinajstić information content (AvgIpc) is 3.28. The third-order valence-corrected chi connectivity index (χ3v) is 3.95. The molecule has 1 saturated carbocycles. The number of aromatic amines is 1. The number of aromatic nitrogens is 4. The number of nitrogens with one attached hydrogen (secondary N) is 1. The average molecular weight is 317 g/mol. The molecule has 0 saturated heterocycles. The van der Waals surface area contributed by atoms with Gasteiger partial charge >= 0.3 is 0 Å². The summed E-state index contributed by atoms with van der Waals surface area (Å²) < 4.78 is 10.7. The Labute approximate surface area is 133 Å². The van der Waals surface area contributed by atoms with E-state index < -0.39 is 0 Å². The van der Waals surface area contributed by atoms with Gasteiger partial charge in [0.1, 0.15) is 11.5 Å². The van der Waals surface area contributed by atoms with E-state index in [9.17, 15) is 4.79 Å². The summed E-state index contributed by atoms with van der Waals surface area (Å²) >= 11 is 0. The fourth-order valence-electron chi connectivity index (χ4n) is 2.53. The number of amides is 1. The van der Waals surface area contributed by atoms with Gasteiger partial charge in [0, 0.05) is 17.2 Å². The van der Waals surface area contributed by atoms with Crippen LogP contribution in [0.15, 0.2) is 12.1 Å². The number of rotatable bonds is 6. The van der Waals surface area contributed by atoms with Gasteiger partial charge in [0.2, 0.25) is 0 Å². The van der Waals surface area contributed by atoms with Crippen LogP contribution >= 0.6 is 0 Å². The van der Waals surface area contributed by atoms with Gasteiger partial charge in [-0.15, -0.1) is 10.2 Å². The van der Waals surface area contributed by atoms with E-state index in [1.807, 2.05) is 6.92 Å². The predicted molar refractivity (Wildman–Crippen MR) is 81.4 cm³/mol. The molecule has 8 nitrogen and oxygen atoms in total. The van der Waals surface area contributed by atoms with Crippen LogP contribution in [0, 0.1) is 6.92 Å². The standard InChI is InChI=1S/C15H19N5O3/c1-9-12(22-2)6-10(7-13(9)23-3)15(21)20(11-4-5-11)8-14-16-18-19-17-14/h6-7,11H,4-5,8H2,1-3H3,(H,16,17,18,19).